The van der Waals surface area contributed by atoms with Gasteiger partial charge in [-0.1, -0.05) is 43.5 Å². The molecule has 1 aliphatic rings. The Bertz CT molecular complexity index is 832. The molecule has 128 valence electrons. The van der Waals surface area contributed by atoms with Crippen LogP contribution in [0, 0.1) is 6.92 Å². The Morgan fingerprint density at radius 2 is 1.92 bits per heavy atom. The smallest absolute Gasteiger partial charge is 0.243 e. The zero-order valence-electron chi connectivity index (χ0n) is 14.2. The Morgan fingerprint density at radius 1 is 1.17 bits per heavy atom. The summed E-state index contributed by atoms with van der Waals surface area (Å²) in [6, 6.07) is 8.88. The van der Waals surface area contributed by atoms with Crippen molar-refractivity contribution in [1.82, 2.24) is 4.31 Å². The second-order valence-electron chi connectivity index (χ2n) is 6.23. The highest BCUT2D eigenvalue weighted by atomic mass is 32.2. The number of nitrogens with zero attached hydrogens (tertiary/aromatic N) is 1. The molecule has 5 heteroatoms. The van der Waals surface area contributed by atoms with Crippen molar-refractivity contribution < 1.29 is 12.8 Å². The lowest BCUT2D eigenvalue weighted by Crippen LogP contribution is -2.35. The minimum absolute atomic E-state index is 0.341. The van der Waals surface area contributed by atoms with Crippen LogP contribution in [0.15, 0.2) is 52.0 Å². The number of benzene rings is 1. The van der Waals surface area contributed by atoms with Gasteiger partial charge < -0.3 is 4.42 Å². The van der Waals surface area contributed by atoms with Crippen molar-refractivity contribution in [3.63, 3.8) is 0 Å². The van der Waals surface area contributed by atoms with E-state index in [2.05, 4.69) is 13.0 Å². The number of allylic oxidation sites excluding steroid dienone is 1. The number of furan rings is 1. The molecule has 0 spiro atoms. The van der Waals surface area contributed by atoms with Gasteiger partial charge in [-0.05, 0) is 31.5 Å². The fourth-order valence-electron chi connectivity index (χ4n) is 2.92. The summed E-state index contributed by atoms with van der Waals surface area (Å²) in [4.78, 5) is 0.341. The molecule has 1 aliphatic heterocycles. The average Bonchev–Trinajstić information content (AvgIpc) is 3.04. The van der Waals surface area contributed by atoms with Crippen molar-refractivity contribution in [2.45, 2.75) is 44.6 Å². The van der Waals surface area contributed by atoms with Crippen LogP contribution in [0.3, 0.4) is 0 Å². The molecule has 2 aromatic rings. The van der Waals surface area contributed by atoms with Gasteiger partial charge in [0.2, 0.25) is 10.0 Å². The van der Waals surface area contributed by atoms with E-state index in [1.165, 1.54) is 4.31 Å². The highest BCUT2D eigenvalue weighted by molar-refractivity contribution is 7.89. The van der Waals surface area contributed by atoms with Crippen LogP contribution in [0.5, 0.6) is 0 Å². The first-order chi connectivity index (χ1) is 11.5. The van der Waals surface area contributed by atoms with Gasteiger partial charge >= 0.3 is 0 Å². The standard InChI is InChI=1S/C19H23NO3S/c1-3-4-5-6-16-13-20(14-17-11-12-23-19(16)17)24(21,22)18-9-7-15(2)8-10-18/h6-12H,3-5,13-14H2,1-2H3/b16-6-. The molecule has 0 bridgehead atoms. The van der Waals surface area contributed by atoms with Crippen molar-refractivity contribution in [3.8, 4) is 0 Å². The van der Waals surface area contributed by atoms with Gasteiger partial charge in [0.1, 0.15) is 5.76 Å². The van der Waals surface area contributed by atoms with Crippen LogP contribution in [-0.2, 0) is 16.6 Å². The number of sulfonamides is 1. The van der Waals surface area contributed by atoms with Crippen molar-refractivity contribution >= 4 is 15.6 Å². The molecule has 24 heavy (non-hydrogen) atoms. The van der Waals surface area contributed by atoms with E-state index in [1.54, 1.807) is 18.4 Å². The Balaban J connectivity index is 1.92. The molecule has 0 fully saturated rings. The molecule has 3 rings (SSSR count). The molecule has 2 heterocycles. The predicted octanol–water partition coefficient (Wildman–Crippen LogP) is 4.37. The van der Waals surface area contributed by atoms with E-state index < -0.39 is 10.0 Å². The molecule has 0 amide bonds. The van der Waals surface area contributed by atoms with Crippen LogP contribution in [0.1, 0.15) is 43.1 Å². The summed E-state index contributed by atoms with van der Waals surface area (Å²) >= 11 is 0. The average molecular weight is 345 g/mol. The second-order valence-corrected chi connectivity index (χ2v) is 8.17. The van der Waals surface area contributed by atoms with E-state index in [0.717, 1.165) is 41.7 Å². The first-order valence-electron chi connectivity index (χ1n) is 8.35. The molecule has 0 radical (unpaired) electrons. The third-order valence-corrected chi connectivity index (χ3v) is 6.14. The van der Waals surface area contributed by atoms with Crippen LogP contribution < -0.4 is 0 Å². The summed E-state index contributed by atoms with van der Waals surface area (Å²) in [5, 5.41) is 0. The van der Waals surface area contributed by atoms with Crippen LogP contribution in [0.4, 0.5) is 0 Å². The third kappa shape index (κ3) is 3.32. The lowest BCUT2D eigenvalue weighted by Gasteiger charge is -2.27. The van der Waals surface area contributed by atoms with Crippen LogP contribution in [0.2, 0.25) is 0 Å². The van der Waals surface area contributed by atoms with Crippen molar-refractivity contribution in [3.05, 3.63) is 59.6 Å². The third-order valence-electron chi connectivity index (χ3n) is 4.34. The maximum Gasteiger partial charge on any atom is 0.243 e. The van der Waals surface area contributed by atoms with E-state index in [4.69, 9.17) is 4.42 Å². The SMILES string of the molecule is CCCC/C=C1/CN(S(=O)(=O)c2ccc(C)cc2)Cc2ccoc21. The summed E-state index contributed by atoms with van der Waals surface area (Å²) in [6.45, 7) is 4.81. The van der Waals surface area contributed by atoms with Gasteiger partial charge in [-0.2, -0.15) is 4.31 Å². The molecule has 0 saturated carbocycles. The quantitative estimate of drug-likeness (QED) is 0.756. The van der Waals surface area contributed by atoms with Gasteiger partial charge in [0, 0.05) is 24.2 Å². The van der Waals surface area contributed by atoms with Crippen LogP contribution in [-0.4, -0.2) is 19.3 Å². The van der Waals surface area contributed by atoms with Gasteiger partial charge in [0.25, 0.3) is 0 Å². The number of hydrogen-bond acceptors (Lipinski definition) is 3. The summed E-state index contributed by atoms with van der Waals surface area (Å²) < 4.78 is 33.1. The summed E-state index contributed by atoms with van der Waals surface area (Å²) in [6.07, 6.45) is 6.89. The Kier molecular flexibility index (Phi) is 4.92. The number of aryl methyl sites for hydroxylation is 1. The fraction of sp³-hybridized carbons (Fsp3) is 0.368. The molecule has 0 aliphatic carbocycles. The summed E-state index contributed by atoms with van der Waals surface area (Å²) in [7, 11) is -3.51. The minimum Gasteiger partial charge on any atom is -0.464 e. The monoisotopic (exact) mass is 345 g/mol. The number of hydrogen-bond donors (Lipinski definition) is 0. The van der Waals surface area contributed by atoms with Crippen molar-refractivity contribution in [2.24, 2.45) is 0 Å². The van der Waals surface area contributed by atoms with E-state index in [1.807, 2.05) is 25.1 Å². The molecule has 0 atom stereocenters. The Hall–Kier alpha value is -1.85. The van der Waals surface area contributed by atoms with Crippen LogP contribution in [0.25, 0.3) is 5.57 Å². The molecular weight excluding hydrogens is 322 g/mol. The van der Waals surface area contributed by atoms with Gasteiger partial charge in [0.15, 0.2) is 0 Å². The summed E-state index contributed by atoms with van der Waals surface area (Å²) in [5.41, 5.74) is 2.94. The molecule has 1 aromatic carbocycles. The first kappa shape index (κ1) is 17.0. The first-order valence-corrected chi connectivity index (χ1v) is 9.79. The summed E-state index contributed by atoms with van der Waals surface area (Å²) in [5.74, 6) is 0.835. The predicted molar refractivity (Wildman–Crippen MR) is 95.0 cm³/mol. The van der Waals surface area contributed by atoms with E-state index in [-0.39, 0.29) is 0 Å². The zero-order valence-corrected chi connectivity index (χ0v) is 15.0. The Morgan fingerprint density at radius 3 is 2.62 bits per heavy atom. The molecular formula is C19H23NO3S. The van der Waals surface area contributed by atoms with Gasteiger partial charge in [0.05, 0.1) is 11.2 Å². The lowest BCUT2D eigenvalue weighted by molar-refractivity contribution is 0.419. The second kappa shape index (κ2) is 6.95. The number of fused-ring (bicyclic) bond motifs is 1. The topological polar surface area (TPSA) is 50.5 Å². The van der Waals surface area contributed by atoms with Gasteiger partial charge in [-0.15, -0.1) is 0 Å². The zero-order chi connectivity index (χ0) is 17.2. The van der Waals surface area contributed by atoms with Crippen molar-refractivity contribution in [2.75, 3.05) is 6.54 Å². The molecule has 4 nitrogen and oxygen atoms in total. The van der Waals surface area contributed by atoms with Crippen molar-refractivity contribution in [1.29, 1.82) is 0 Å². The molecule has 1 aromatic heterocycles. The highest BCUT2D eigenvalue weighted by Crippen LogP contribution is 2.32. The highest BCUT2D eigenvalue weighted by Gasteiger charge is 2.31. The Labute approximate surface area is 143 Å². The maximum absolute atomic E-state index is 13.0. The van der Waals surface area contributed by atoms with Gasteiger partial charge in [-0.3, -0.25) is 0 Å². The lowest BCUT2D eigenvalue weighted by atomic mass is 10.0. The largest absolute Gasteiger partial charge is 0.464 e. The molecule has 0 saturated heterocycles. The minimum atomic E-state index is -3.51. The van der Waals surface area contributed by atoms with Gasteiger partial charge in [-0.25, -0.2) is 8.42 Å². The van der Waals surface area contributed by atoms with E-state index in [9.17, 15) is 8.42 Å². The normalized spacial score (nSPS) is 17.2. The van der Waals surface area contributed by atoms with E-state index >= 15 is 0 Å². The van der Waals surface area contributed by atoms with Crippen LogP contribution >= 0.6 is 0 Å². The fourth-order valence-corrected chi connectivity index (χ4v) is 4.31. The molecule has 0 N–H and O–H groups in total. The number of unbranched alkanes of at least 4 members (excludes halogenated alkanes) is 2. The number of rotatable bonds is 5. The molecule has 0 unspecified atom stereocenters. The maximum atomic E-state index is 13.0. The van der Waals surface area contributed by atoms with E-state index in [0.29, 0.717) is 18.0 Å².